The molecule has 0 unspecified atom stereocenters. The second-order valence-electron chi connectivity index (χ2n) is 6.88. The van der Waals surface area contributed by atoms with Crippen LogP contribution in [0.3, 0.4) is 0 Å². The van der Waals surface area contributed by atoms with Crippen LogP contribution in [0.2, 0.25) is 0 Å². The molecule has 1 aromatic heterocycles. The van der Waals surface area contributed by atoms with Crippen LogP contribution in [0.1, 0.15) is 48.6 Å². The van der Waals surface area contributed by atoms with E-state index in [0.29, 0.717) is 21.5 Å². The van der Waals surface area contributed by atoms with Gasteiger partial charge in [-0.05, 0) is 37.5 Å². The number of aryl methyl sites for hydroxylation is 1. The number of rotatable bonds is 6. The van der Waals surface area contributed by atoms with Crippen molar-refractivity contribution in [1.29, 1.82) is 0 Å². The van der Waals surface area contributed by atoms with Crippen molar-refractivity contribution in [2.45, 2.75) is 40.0 Å². The quantitative estimate of drug-likeness (QED) is 0.639. The molecule has 1 N–H and O–H groups in total. The fraction of sp³-hybridized carbons (Fsp3) is 0.421. The highest BCUT2D eigenvalue weighted by Gasteiger charge is 2.21. The van der Waals surface area contributed by atoms with Gasteiger partial charge in [-0.2, -0.15) is 0 Å². The summed E-state index contributed by atoms with van der Waals surface area (Å²) < 4.78 is 11.7. The fourth-order valence-corrected chi connectivity index (χ4v) is 3.59. The minimum absolute atomic E-state index is 0.128. The summed E-state index contributed by atoms with van der Waals surface area (Å²) in [4.78, 5) is 28.7. The summed E-state index contributed by atoms with van der Waals surface area (Å²) in [5.74, 6) is -0.126. The van der Waals surface area contributed by atoms with Gasteiger partial charge in [-0.15, -0.1) is 0 Å². The van der Waals surface area contributed by atoms with Crippen LogP contribution in [0, 0.1) is 6.92 Å². The molecule has 6 nitrogen and oxygen atoms in total. The van der Waals surface area contributed by atoms with Crippen molar-refractivity contribution in [2.75, 3.05) is 18.5 Å². The Bertz CT molecular complexity index is 843. The average molecular weight is 455 g/mol. The van der Waals surface area contributed by atoms with Crippen molar-refractivity contribution in [2.24, 2.45) is 0 Å². The molecule has 0 aliphatic rings. The molecule has 0 aliphatic carbocycles. The molecule has 0 saturated heterocycles. The molecule has 2 aromatic rings. The number of esters is 1. The van der Waals surface area contributed by atoms with Crippen molar-refractivity contribution in [3.63, 3.8) is 0 Å². The Kier molecular flexibility index (Phi) is 7.00. The zero-order chi connectivity index (χ0) is 20.2. The number of amides is 1. The predicted molar refractivity (Wildman–Crippen MR) is 110 cm³/mol. The lowest BCUT2D eigenvalue weighted by Gasteiger charge is -2.23. The summed E-state index contributed by atoms with van der Waals surface area (Å²) in [7, 11) is 0. The molecule has 2 rings (SSSR count). The number of thiazole rings is 1. The van der Waals surface area contributed by atoms with Crippen molar-refractivity contribution in [3.8, 4) is 5.75 Å². The largest absolute Gasteiger partial charge is 0.483 e. The molecule has 0 radical (unpaired) electrons. The van der Waals surface area contributed by atoms with Gasteiger partial charge in [-0.3, -0.25) is 10.1 Å². The van der Waals surface area contributed by atoms with Gasteiger partial charge in [-0.25, -0.2) is 9.78 Å². The molecule has 1 aromatic carbocycles. The Hall–Kier alpha value is -1.93. The molecule has 1 amide bonds. The first kappa shape index (κ1) is 21.4. The molecule has 27 heavy (non-hydrogen) atoms. The minimum Gasteiger partial charge on any atom is -0.483 e. The molecule has 8 heteroatoms. The van der Waals surface area contributed by atoms with E-state index in [0.717, 1.165) is 21.4 Å². The predicted octanol–water partition coefficient (Wildman–Crippen LogP) is 4.71. The summed E-state index contributed by atoms with van der Waals surface area (Å²) in [6.45, 7) is 9.81. The minimum atomic E-state index is -0.436. The number of hydrogen-bond acceptors (Lipinski definition) is 6. The van der Waals surface area contributed by atoms with Gasteiger partial charge < -0.3 is 9.47 Å². The van der Waals surface area contributed by atoms with Crippen LogP contribution in [-0.4, -0.2) is 30.1 Å². The first-order valence-electron chi connectivity index (χ1n) is 8.49. The molecular weight excluding hydrogens is 432 g/mol. The summed E-state index contributed by atoms with van der Waals surface area (Å²) in [5.41, 5.74) is 1.40. The summed E-state index contributed by atoms with van der Waals surface area (Å²) >= 11 is 4.55. The van der Waals surface area contributed by atoms with Gasteiger partial charge in [0.1, 0.15) is 10.6 Å². The van der Waals surface area contributed by atoms with E-state index in [-0.39, 0.29) is 24.5 Å². The molecule has 0 saturated carbocycles. The van der Waals surface area contributed by atoms with Crippen LogP contribution in [-0.2, 0) is 14.9 Å². The summed E-state index contributed by atoms with van der Waals surface area (Å²) in [6.07, 6.45) is 0. The van der Waals surface area contributed by atoms with Gasteiger partial charge in [-0.1, -0.05) is 48.0 Å². The lowest BCUT2D eigenvalue weighted by molar-refractivity contribution is -0.118. The molecule has 0 spiro atoms. The molecule has 0 fully saturated rings. The number of benzene rings is 1. The van der Waals surface area contributed by atoms with Gasteiger partial charge in [0.15, 0.2) is 11.7 Å². The van der Waals surface area contributed by atoms with Crippen LogP contribution in [0.4, 0.5) is 5.13 Å². The number of nitrogens with zero attached hydrogens (tertiary/aromatic N) is 1. The Morgan fingerprint density at radius 2 is 2.00 bits per heavy atom. The Morgan fingerprint density at radius 3 is 2.63 bits per heavy atom. The first-order chi connectivity index (χ1) is 12.6. The van der Waals surface area contributed by atoms with Crippen molar-refractivity contribution < 1.29 is 19.1 Å². The third-order valence-corrected chi connectivity index (χ3v) is 5.16. The van der Waals surface area contributed by atoms with Gasteiger partial charge >= 0.3 is 5.97 Å². The maximum atomic E-state index is 12.2. The zero-order valence-corrected chi connectivity index (χ0v) is 18.4. The van der Waals surface area contributed by atoms with Crippen molar-refractivity contribution in [3.05, 3.63) is 38.8 Å². The Morgan fingerprint density at radius 1 is 1.30 bits per heavy atom. The lowest BCUT2D eigenvalue weighted by Crippen LogP contribution is -2.22. The summed E-state index contributed by atoms with van der Waals surface area (Å²) in [5, 5.41) is 3.01. The standard InChI is InChI=1S/C19H23BrN2O4S/c1-6-25-17(24)16-11(2)21-18(27-16)22-15(23)10-26-14-8-7-12(20)9-13(14)19(3,4)5/h7-9H,6,10H2,1-5H3,(H,21,22,23). The Balaban J connectivity index is 2.04. The van der Waals surface area contributed by atoms with Crippen LogP contribution in [0.5, 0.6) is 5.75 Å². The number of ether oxygens (including phenoxy) is 2. The van der Waals surface area contributed by atoms with E-state index < -0.39 is 5.97 Å². The molecule has 0 atom stereocenters. The SMILES string of the molecule is CCOC(=O)c1sc(NC(=O)COc2ccc(Br)cc2C(C)(C)C)nc1C. The van der Waals surface area contributed by atoms with Gasteiger partial charge in [0.2, 0.25) is 0 Å². The van der Waals surface area contributed by atoms with Crippen molar-refractivity contribution in [1.82, 2.24) is 4.98 Å². The highest BCUT2D eigenvalue weighted by atomic mass is 79.9. The van der Waals surface area contributed by atoms with E-state index in [1.165, 1.54) is 0 Å². The highest BCUT2D eigenvalue weighted by Crippen LogP contribution is 2.33. The third kappa shape index (κ3) is 5.77. The molecule has 1 heterocycles. The van der Waals surface area contributed by atoms with Gasteiger partial charge in [0, 0.05) is 10.0 Å². The third-order valence-electron chi connectivity index (χ3n) is 3.61. The number of aromatic nitrogens is 1. The number of nitrogens with one attached hydrogen (secondary N) is 1. The number of anilines is 1. The number of hydrogen-bond donors (Lipinski definition) is 1. The monoisotopic (exact) mass is 454 g/mol. The molecule has 0 bridgehead atoms. The second kappa shape index (κ2) is 8.84. The van der Waals surface area contributed by atoms with E-state index in [1.54, 1.807) is 13.8 Å². The van der Waals surface area contributed by atoms with E-state index in [4.69, 9.17) is 9.47 Å². The van der Waals surface area contributed by atoms with Crippen LogP contribution in [0.15, 0.2) is 22.7 Å². The average Bonchev–Trinajstić information content (AvgIpc) is 2.93. The van der Waals surface area contributed by atoms with E-state index >= 15 is 0 Å². The Labute approximate surface area is 171 Å². The van der Waals surface area contributed by atoms with Crippen LogP contribution < -0.4 is 10.1 Å². The van der Waals surface area contributed by atoms with E-state index in [1.807, 2.05) is 18.2 Å². The molecule has 0 aliphatic heterocycles. The number of carbonyl (C=O) groups is 2. The van der Waals surface area contributed by atoms with Crippen LogP contribution >= 0.6 is 27.3 Å². The zero-order valence-electron chi connectivity index (χ0n) is 16.0. The fourth-order valence-electron chi connectivity index (χ4n) is 2.35. The second-order valence-corrected chi connectivity index (χ2v) is 8.80. The van der Waals surface area contributed by atoms with Gasteiger partial charge in [0.25, 0.3) is 5.91 Å². The lowest BCUT2D eigenvalue weighted by atomic mass is 9.86. The molecular formula is C19H23BrN2O4S. The maximum absolute atomic E-state index is 12.2. The summed E-state index contributed by atoms with van der Waals surface area (Å²) in [6, 6.07) is 5.70. The number of halogens is 1. The van der Waals surface area contributed by atoms with E-state index in [2.05, 4.69) is 47.0 Å². The number of carbonyl (C=O) groups excluding carboxylic acids is 2. The maximum Gasteiger partial charge on any atom is 0.350 e. The van der Waals surface area contributed by atoms with Crippen LogP contribution in [0.25, 0.3) is 0 Å². The topological polar surface area (TPSA) is 77.5 Å². The normalized spacial score (nSPS) is 11.2. The molecule has 146 valence electrons. The van der Waals surface area contributed by atoms with Gasteiger partial charge in [0.05, 0.1) is 12.3 Å². The smallest absolute Gasteiger partial charge is 0.350 e. The van der Waals surface area contributed by atoms with Crippen molar-refractivity contribution >= 4 is 44.3 Å². The highest BCUT2D eigenvalue weighted by molar-refractivity contribution is 9.10. The first-order valence-corrected chi connectivity index (χ1v) is 10.1. The van der Waals surface area contributed by atoms with E-state index in [9.17, 15) is 9.59 Å².